The van der Waals surface area contributed by atoms with Crippen LogP contribution in [0.1, 0.15) is 29.5 Å². The Bertz CT molecular complexity index is 1010. The Kier molecular flexibility index (Phi) is 8.54. The Morgan fingerprint density at radius 2 is 1.91 bits per heavy atom. The van der Waals surface area contributed by atoms with Gasteiger partial charge in [-0.2, -0.15) is 5.10 Å². The van der Waals surface area contributed by atoms with Gasteiger partial charge in [0.1, 0.15) is 5.75 Å². The predicted octanol–water partition coefficient (Wildman–Crippen LogP) is 2.07. The summed E-state index contributed by atoms with van der Waals surface area (Å²) in [6, 6.07) is 12.4. The van der Waals surface area contributed by atoms with Gasteiger partial charge in [-0.25, -0.2) is 5.43 Å². The van der Waals surface area contributed by atoms with Crippen molar-refractivity contribution in [3.05, 3.63) is 59.2 Å². The molecule has 0 saturated carbocycles. The summed E-state index contributed by atoms with van der Waals surface area (Å²) in [5, 5.41) is 9.17. The first-order chi connectivity index (χ1) is 15.9. The molecule has 3 amide bonds. The van der Waals surface area contributed by atoms with Crippen molar-refractivity contribution in [2.75, 3.05) is 25.1 Å². The van der Waals surface area contributed by atoms with Gasteiger partial charge >= 0.3 is 11.8 Å². The minimum absolute atomic E-state index is 0.0886. The number of benzene rings is 2. The van der Waals surface area contributed by atoms with E-state index in [-0.39, 0.29) is 18.6 Å². The molecule has 1 fully saturated rings. The van der Waals surface area contributed by atoms with Crippen LogP contribution in [-0.2, 0) is 19.1 Å². The van der Waals surface area contributed by atoms with Gasteiger partial charge in [-0.3, -0.25) is 14.4 Å². The zero-order valence-corrected chi connectivity index (χ0v) is 18.7. The Hall–Kier alpha value is -3.72. The number of hydrogen-bond donors (Lipinski definition) is 3. The Morgan fingerprint density at radius 3 is 2.64 bits per heavy atom. The number of amides is 3. The molecule has 3 rings (SSSR count). The van der Waals surface area contributed by atoms with Gasteiger partial charge < -0.3 is 20.1 Å². The number of nitrogens with zero attached hydrogens (tertiary/aromatic N) is 1. The molecule has 0 unspecified atom stereocenters. The second-order valence-electron chi connectivity index (χ2n) is 7.77. The number of rotatable bonds is 8. The van der Waals surface area contributed by atoms with E-state index in [9.17, 15) is 14.4 Å². The van der Waals surface area contributed by atoms with Crippen LogP contribution in [0.5, 0.6) is 5.75 Å². The number of carbonyl (C=O) groups is 3. The van der Waals surface area contributed by atoms with Crippen molar-refractivity contribution in [3.8, 4) is 5.75 Å². The monoisotopic (exact) mass is 452 g/mol. The van der Waals surface area contributed by atoms with Crippen LogP contribution in [0.3, 0.4) is 0 Å². The molecule has 2 aromatic carbocycles. The first kappa shape index (κ1) is 23.9. The average molecular weight is 453 g/mol. The summed E-state index contributed by atoms with van der Waals surface area (Å²) >= 11 is 0. The van der Waals surface area contributed by atoms with Gasteiger partial charge in [-0.1, -0.05) is 12.1 Å². The molecule has 1 aliphatic rings. The van der Waals surface area contributed by atoms with Gasteiger partial charge in [-0.15, -0.1) is 0 Å². The van der Waals surface area contributed by atoms with Crippen LogP contribution in [0.4, 0.5) is 5.69 Å². The molecule has 9 nitrogen and oxygen atoms in total. The van der Waals surface area contributed by atoms with Gasteiger partial charge in [0, 0.05) is 18.8 Å². The largest absolute Gasteiger partial charge is 0.484 e. The fraction of sp³-hybridized carbons (Fsp3) is 0.333. The fourth-order valence-electron chi connectivity index (χ4n) is 3.15. The molecular formula is C24H28N4O5. The van der Waals surface area contributed by atoms with E-state index in [4.69, 9.17) is 9.47 Å². The van der Waals surface area contributed by atoms with Crippen molar-refractivity contribution in [1.82, 2.24) is 10.7 Å². The zero-order valence-electron chi connectivity index (χ0n) is 18.7. The van der Waals surface area contributed by atoms with Gasteiger partial charge in [0.15, 0.2) is 6.61 Å². The van der Waals surface area contributed by atoms with Gasteiger partial charge in [0.25, 0.3) is 5.91 Å². The summed E-state index contributed by atoms with van der Waals surface area (Å²) < 4.78 is 10.9. The van der Waals surface area contributed by atoms with E-state index in [0.29, 0.717) is 23.5 Å². The maximum Gasteiger partial charge on any atom is 0.329 e. The number of aryl methyl sites for hydroxylation is 2. The molecule has 33 heavy (non-hydrogen) atoms. The molecule has 174 valence electrons. The lowest BCUT2D eigenvalue weighted by Gasteiger charge is -2.11. The van der Waals surface area contributed by atoms with E-state index in [1.54, 1.807) is 30.3 Å². The van der Waals surface area contributed by atoms with Gasteiger partial charge in [-0.05, 0) is 73.7 Å². The second kappa shape index (κ2) is 11.8. The summed E-state index contributed by atoms with van der Waals surface area (Å²) in [5.74, 6) is -1.36. The van der Waals surface area contributed by atoms with E-state index < -0.39 is 11.8 Å². The summed E-state index contributed by atoms with van der Waals surface area (Å²) in [6.07, 6.45) is 3.48. The Morgan fingerprint density at radius 1 is 1.12 bits per heavy atom. The highest BCUT2D eigenvalue weighted by Crippen LogP contribution is 2.16. The van der Waals surface area contributed by atoms with Crippen molar-refractivity contribution < 1.29 is 23.9 Å². The lowest BCUT2D eigenvalue weighted by molar-refractivity contribution is -0.136. The van der Waals surface area contributed by atoms with E-state index in [0.717, 1.165) is 30.6 Å². The van der Waals surface area contributed by atoms with Crippen LogP contribution >= 0.6 is 0 Å². The Labute approximate surface area is 192 Å². The van der Waals surface area contributed by atoms with Crippen molar-refractivity contribution in [2.24, 2.45) is 5.10 Å². The highest BCUT2D eigenvalue weighted by atomic mass is 16.5. The number of anilines is 1. The van der Waals surface area contributed by atoms with E-state index in [2.05, 4.69) is 21.2 Å². The van der Waals surface area contributed by atoms with Crippen LogP contribution in [0.2, 0.25) is 0 Å². The molecule has 0 bridgehead atoms. The molecule has 1 aliphatic heterocycles. The minimum atomic E-state index is -0.874. The normalized spacial score (nSPS) is 15.3. The van der Waals surface area contributed by atoms with Crippen molar-refractivity contribution in [3.63, 3.8) is 0 Å². The summed E-state index contributed by atoms with van der Waals surface area (Å²) in [7, 11) is 0. The number of nitrogens with one attached hydrogen (secondary N) is 3. The number of hydrazone groups is 1. The highest BCUT2D eigenvalue weighted by molar-refractivity contribution is 6.39. The third-order valence-electron chi connectivity index (χ3n) is 5.03. The smallest absolute Gasteiger partial charge is 0.329 e. The third kappa shape index (κ3) is 7.73. The molecule has 9 heteroatoms. The van der Waals surface area contributed by atoms with Crippen LogP contribution in [0, 0.1) is 13.8 Å². The lowest BCUT2D eigenvalue weighted by Crippen LogP contribution is -2.35. The number of hydrogen-bond acceptors (Lipinski definition) is 6. The minimum Gasteiger partial charge on any atom is -0.484 e. The SMILES string of the molecule is Cc1ccc(C)c(NC(=O)C(=O)N/N=C\c2ccc(OCC(=O)NC[C@@H]3CCCO3)cc2)c1. The first-order valence-corrected chi connectivity index (χ1v) is 10.7. The molecule has 0 spiro atoms. The van der Waals surface area contributed by atoms with Crippen LogP contribution < -0.4 is 20.8 Å². The van der Waals surface area contributed by atoms with E-state index in [1.807, 2.05) is 26.0 Å². The lowest BCUT2D eigenvalue weighted by atomic mass is 10.1. The van der Waals surface area contributed by atoms with E-state index >= 15 is 0 Å². The third-order valence-corrected chi connectivity index (χ3v) is 5.03. The molecule has 0 aliphatic carbocycles. The molecule has 3 N–H and O–H groups in total. The van der Waals surface area contributed by atoms with Crippen LogP contribution in [0.15, 0.2) is 47.6 Å². The standard InChI is InChI=1S/C24H28N4O5/c1-16-5-6-17(2)21(12-16)27-23(30)24(31)28-26-13-18-7-9-19(10-8-18)33-15-22(29)25-14-20-4-3-11-32-20/h5-10,12-13,20H,3-4,11,14-15H2,1-2H3,(H,25,29)(H,27,30)(H,28,31)/b26-13-/t20-/m0/s1. The maximum absolute atomic E-state index is 12.1. The Balaban J connectivity index is 1.40. The van der Waals surface area contributed by atoms with Crippen molar-refractivity contribution in [1.29, 1.82) is 0 Å². The van der Waals surface area contributed by atoms with Crippen LogP contribution in [-0.4, -0.2) is 49.8 Å². The second-order valence-corrected chi connectivity index (χ2v) is 7.77. The van der Waals surface area contributed by atoms with Crippen molar-refractivity contribution in [2.45, 2.75) is 32.8 Å². The van der Waals surface area contributed by atoms with Gasteiger partial charge in [0.2, 0.25) is 0 Å². The highest BCUT2D eigenvalue weighted by Gasteiger charge is 2.16. The molecule has 2 aromatic rings. The van der Waals surface area contributed by atoms with Crippen LogP contribution in [0.25, 0.3) is 0 Å². The van der Waals surface area contributed by atoms with Crippen molar-refractivity contribution >= 4 is 29.6 Å². The first-order valence-electron chi connectivity index (χ1n) is 10.7. The predicted molar refractivity (Wildman–Crippen MR) is 124 cm³/mol. The topological polar surface area (TPSA) is 118 Å². The molecule has 0 aromatic heterocycles. The quantitative estimate of drug-likeness (QED) is 0.322. The molecule has 1 saturated heterocycles. The fourth-order valence-corrected chi connectivity index (χ4v) is 3.15. The molecule has 1 heterocycles. The zero-order chi connectivity index (χ0) is 23.6. The van der Waals surface area contributed by atoms with Gasteiger partial charge in [0.05, 0.1) is 12.3 Å². The summed E-state index contributed by atoms with van der Waals surface area (Å²) in [5.41, 5.74) is 5.29. The molecule has 1 atom stereocenters. The summed E-state index contributed by atoms with van der Waals surface area (Å²) in [6.45, 7) is 4.89. The summed E-state index contributed by atoms with van der Waals surface area (Å²) in [4.78, 5) is 35.9. The molecule has 0 radical (unpaired) electrons. The average Bonchev–Trinajstić information content (AvgIpc) is 3.33. The van der Waals surface area contributed by atoms with E-state index in [1.165, 1.54) is 6.21 Å². The number of carbonyl (C=O) groups excluding carboxylic acids is 3. The number of ether oxygens (including phenoxy) is 2. The molecular weight excluding hydrogens is 424 g/mol. The maximum atomic E-state index is 12.1.